The molecule has 1 fully saturated rings. The first-order valence-corrected chi connectivity index (χ1v) is 7.37. The van der Waals surface area contributed by atoms with Gasteiger partial charge in [-0.2, -0.15) is 0 Å². The lowest BCUT2D eigenvalue weighted by Crippen LogP contribution is -2.36. The molecule has 1 aromatic heterocycles. The third-order valence-corrected chi connectivity index (χ3v) is 4.23. The van der Waals surface area contributed by atoms with Crippen molar-refractivity contribution in [2.45, 2.75) is 31.5 Å². The number of nitrogens with one attached hydrogen (secondary N) is 1. The zero-order valence-electron chi connectivity index (χ0n) is 11.3. The predicted octanol–water partition coefficient (Wildman–Crippen LogP) is 1.81. The van der Waals surface area contributed by atoms with E-state index < -0.39 is 0 Å². The van der Waals surface area contributed by atoms with E-state index in [9.17, 15) is 0 Å². The molecule has 1 aliphatic rings. The summed E-state index contributed by atoms with van der Waals surface area (Å²) in [6.07, 6.45) is 1.15. The largest absolute Gasteiger partial charge is 0.381 e. The van der Waals surface area contributed by atoms with Crippen LogP contribution in [0.25, 0.3) is 0 Å². The number of hydrogen-bond donors (Lipinski definition) is 1. The van der Waals surface area contributed by atoms with Crippen LogP contribution in [0.1, 0.15) is 17.8 Å². The lowest BCUT2D eigenvalue weighted by Gasteiger charge is -2.20. The molecule has 0 bridgehead atoms. The molecule has 0 radical (unpaired) electrons. The van der Waals surface area contributed by atoms with E-state index in [1.165, 1.54) is 0 Å². The second-order valence-corrected chi connectivity index (χ2v) is 5.75. The van der Waals surface area contributed by atoms with E-state index in [0.29, 0.717) is 12.0 Å². The number of ether oxygens (including phenoxy) is 1. The van der Waals surface area contributed by atoms with Gasteiger partial charge in [-0.3, -0.25) is 0 Å². The van der Waals surface area contributed by atoms with Crippen LogP contribution >= 0.6 is 11.8 Å². The first-order valence-electron chi connectivity index (χ1n) is 6.39. The Kier molecular flexibility index (Phi) is 4.97. The van der Waals surface area contributed by atoms with E-state index in [1.54, 1.807) is 11.8 Å². The molecule has 1 N–H and O–H groups in total. The van der Waals surface area contributed by atoms with E-state index in [2.05, 4.69) is 15.3 Å². The third-order valence-electron chi connectivity index (χ3n) is 3.26. The molecule has 18 heavy (non-hydrogen) atoms. The first kappa shape index (κ1) is 13.8. The van der Waals surface area contributed by atoms with Crippen molar-refractivity contribution in [2.24, 2.45) is 5.92 Å². The van der Waals surface area contributed by atoms with Gasteiger partial charge in [-0.1, -0.05) is 11.8 Å². The summed E-state index contributed by atoms with van der Waals surface area (Å²) in [6.45, 7) is 5.80. The maximum absolute atomic E-state index is 5.45. The van der Waals surface area contributed by atoms with Crippen molar-refractivity contribution in [3.63, 3.8) is 0 Å². The minimum absolute atomic E-state index is 0.474. The summed E-state index contributed by atoms with van der Waals surface area (Å²) in [7, 11) is 2.02. The smallest absolute Gasteiger partial charge is 0.188 e. The highest BCUT2D eigenvalue weighted by atomic mass is 32.2. The first-order chi connectivity index (χ1) is 8.69. The van der Waals surface area contributed by atoms with Gasteiger partial charge < -0.3 is 10.1 Å². The van der Waals surface area contributed by atoms with Crippen LogP contribution in [-0.4, -0.2) is 42.0 Å². The molecule has 0 aliphatic carbocycles. The Bertz CT molecular complexity index is 374. The van der Waals surface area contributed by atoms with Crippen molar-refractivity contribution in [2.75, 3.05) is 26.0 Å². The summed E-state index contributed by atoms with van der Waals surface area (Å²) >= 11 is 1.73. The summed E-state index contributed by atoms with van der Waals surface area (Å²) in [6, 6.07) is 2.48. The molecule has 0 aromatic carbocycles. The Labute approximate surface area is 113 Å². The topological polar surface area (TPSA) is 47.0 Å². The standard InChI is InChI=1S/C13H21N3OS/c1-9-6-10(2)16-13(15-9)18-8-12(14-3)11-4-5-17-7-11/h6,11-12,14H,4-5,7-8H2,1-3H3. The van der Waals surface area contributed by atoms with E-state index in [-0.39, 0.29) is 0 Å². The van der Waals surface area contributed by atoms with Crippen LogP contribution < -0.4 is 5.32 Å². The molecule has 0 saturated carbocycles. The van der Waals surface area contributed by atoms with Crippen molar-refractivity contribution >= 4 is 11.8 Å². The van der Waals surface area contributed by atoms with Crippen molar-refractivity contribution in [3.05, 3.63) is 17.5 Å². The van der Waals surface area contributed by atoms with Gasteiger partial charge in [-0.15, -0.1) is 0 Å². The molecule has 4 nitrogen and oxygen atoms in total. The van der Waals surface area contributed by atoms with Gasteiger partial charge in [-0.05, 0) is 33.4 Å². The van der Waals surface area contributed by atoms with Gasteiger partial charge in [-0.25, -0.2) is 9.97 Å². The fourth-order valence-electron chi connectivity index (χ4n) is 2.25. The SMILES string of the molecule is CNC(CSc1nc(C)cc(C)n1)C1CCOC1. The van der Waals surface area contributed by atoms with Gasteiger partial charge in [0, 0.05) is 35.7 Å². The Morgan fingerprint density at radius 2 is 2.17 bits per heavy atom. The Morgan fingerprint density at radius 1 is 1.44 bits per heavy atom. The molecular formula is C13H21N3OS. The molecule has 2 unspecified atom stereocenters. The Morgan fingerprint density at radius 3 is 2.72 bits per heavy atom. The zero-order chi connectivity index (χ0) is 13.0. The average molecular weight is 267 g/mol. The number of hydrogen-bond acceptors (Lipinski definition) is 5. The van der Waals surface area contributed by atoms with Crippen molar-refractivity contribution in [1.82, 2.24) is 15.3 Å². The zero-order valence-corrected chi connectivity index (χ0v) is 12.1. The van der Waals surface area contributed by atoms with Crippen molar-refractivity contribution < 1.29 is 4.74 Å². The molecule has 2 atom stereocenters. The quantitative estimate of drug-likeness (QED) is 0.651. The highest BCUT2D eigenvalue weighted by molar-refractivity contribution is 7.99. The van der Waals surface area contributed by atoms with E-state index in [0.717, 1.165) is 41.9 Å². The molecule has 5 heteroatoms. The molecule has 1 aliphatic heterocycles. The van der Waals surface area contributed by atoms with Crippen LogP contribution in [0.2, 0.25) is 0 Å². The summed E-state index contributed by atoms with van der Waals surface area (Å²) in [5, 5.41) is 4.27. The maximum Gasteiger partial charge on any atom is 0.188 e. The summed E-state index contributed by atoms with van der Waals surface area (Å²) in [4.78, 5) is 8.92. The van der Waals surface area contributed by atoms with Crippen LogP contribution in [0, 0.1) is 19.8 Å². The average Bonchev–Trinajstić information content (AvgIpc) is 2.82. The van der Waals surface area contributed by atoms with Crippen LogP contribution in [-0.2, 0) is 4.74 Å². The van der Waals surface area contributed by atoms with Gasteiger partial charge in [0.15, 0.2) is 5.16 Å². The van der Waals surface area contributed by atoms with Gasteiger partial charge in [0.2, 0.25) is 0 Å². The highest BCUT2D eigenvalue weighted by Crippen LogP contribution is 2.22. The Balaban J connectivity index is 1.92. The summed E-state index contributed by atoms with van der Waals surface area (Å²) < 4.78 is 5.45. The highest BCUT2D eigenvalue weighted by Gasteiger charge is 2.24. The minimum atomic E-state index is 0.474. The predicted molar refractivity (Wildman–Crippen MR) is 74.0 cm³/mol. The summed E-state index contributed by atoms with van der Waals surface area (Å²) in [5.74, 6) is 1.61. The number of thioether (sulfide) groups is 1. The third kappa shape index (κ3) is 3.67. The minimum Gasteiger partial charge on any atom is -0.381 e. The fourth-order valence-corrected chi connectivity index (χ4v) is 3.43. The molecule has 2 rings (SSSR count). The number of aryl methyl sites for hydroxylation is 2. The molecule has 1 aromatic rings. The fraction of sp³-hybridized carbons (Fsp3) is 0.692. The van der Waals surface area contributed by atoms with E-state index in [4.69, 9.17) is 4.74 Å². The summed E-state index contributed by atoms with van der Waals surface area (Å²) in [5.41, 5.74) is 2.07. The normalized spacial score (nSPS) is 21.2. The van der Waals surface area contributed by atoms with Crippen molar-refractivity contribution in [1.29, 1.82) is 0 Å². The number of rotatable bonds is 5. The van der Waals surface area contributed by atoms with Crippen LogP contribution in [0.15, 0.2) is 11.2 Å². The molecule has 2 heterocycles. The van der Waals surface area contributed by atoms with Gasteiger partial charge in [0.1, 0.15) is 0 Å². The van der Waals surface area contributed by atoms with Gasteiger partial charge >= 0.3 is 0 Å². The van der Waals surface area contributed by atoms with Crippen LogP contribution in [0.3, 0.4) is 0 Å². The van der Waals surface area contributed by atoms with E-state index in [1.807, 2.05) is 27.0 Å². The second-order valence-electron chi connectivity index (χ2n) is 4.76. The molecule has 0 spiro atoms. The molecule has 100 valence electrons. The molecule has 1 saturated heterocycles. The Hall–Kier alpha value is -0.650. The maximum atomic E-state index is 5.45. The number of aromatic nitrogens is 2. The van der Waals surface area contributed by atoms with Crippen LogP contribution in [0.4, 0.5) is 0 Å². The monoisotopic (exact) mass is 267 g/mol. The lowest BCUT2D eigenvalue weighted by molar-refractivity contribution is 0.179. The molecular weight excluding hydrogens is 246 g/mol. The van der Waals surface area contributed by atoms with Crippen LogP contribution in [0.5, 0.6) is 0 Å². The van der Waals surface area contributed by atoms with Gasteiger partial charge in [0.25, 0.3) is 0 Å². The lowest BCUT2D eigenvalue weighted by atomic mass is 10.0. The second kappa shape index (κ2) is 6.50. The number of nitrogens with zero attached hydrogens (tertiary/aromatic N) is 2. The van der Waals surface area contributed by atoms with Crippen molar-refractivity contribution in [3.8, 4) is 0 Å². The molecule has 0 amide bonds. The van der Waals surface area contributed by atoms with Gasteiger partial charge in [0.05, 0.1) is 6.61 Å². The van der Waals surface area contributed by atoms with E-state index >= 15 is 0 Å².